The van der Waals surface area contributed by atoms with Crippen molar-refractivity contribution in [2.24, 2.45) is 11.7 Å². The molecule has 4 heteroatoms. The molecule has 0 heterocycles. The number of likely N-dealkylation sites (N-methyl/N-ethyl adjacent to an activating group) is 1. The van der Waals surface area contributed by atoms with Gasteiger partial charge in [-0.05, 0) is 52.0 Å². The Morgan fingerprint density at radius 1 is 1.40 bits per heavy atom. The van der Waals surface area contributed by atoms with Gasteiger partial charge in [0.15, 0.2) is 0 Å². The van der Waals surface area contributed by atoms with Gasteiger partial charge in [0.2, 0.25) is 5.91 Å². The summed E-state index contributed by atoms with van der Waals surface area (Å²) in [6.45, 7) is 11.0. The fourth-order valence-corrected chi connectivity index (χ4v) is 3.31. The van der Waals surface area contributed by atoms with Crippen molar-refractivity contribution < 1.29 is 4.79 Å². The lowest BCUT2D eigenvalue weighted by molar-refractivity contribution is -0.122. The van der Waals surface area contributed by atoms with Gasteiger partial charge in [-0.15, -0.1) is 0 Å². The number of nitrogens with one attached hydrogen (secondary N) is 1. The van der Waals surface area contributed by atoms with Crippen molar-refractivity contribution in [3.05, 3.63) is 0 Å². The van der Waals surface area contributed by atoms with Crippen LogP contribution in [0.1, 0.15) is 59.8 Å². The molecule has 0 aromatic rings. The minimum atomic E-state index is 0.124. The van der Waals surface area contributed by atoms with Gasteiger partial charge in [0.25, 0.3) is 0 Å². The second-order valence-electron chi connectivity index (χ2n) is 6.66. The Bertz CT molecular complexity index is 296. The molecule has 0 spiro atoms. The summed E-state index contributed by atoms with van der Waals surface area (Å²) in [6.07, 6.45) is 5.43. The van der Waals surface area contributed by atoms with E-state index in [2.05, 4.69) is 24.1 Å². The highest BCUT2D eigenvalue weighted by Crippen LogP contribution is 2.35. The molecule has 1 fully saturated rings. The second-order valence-corrected chi connectivity index (χ2v) is 6.66. The molecule has 20 heavy (non-hydrogen) atoms. The van der Waals surface area contributed by atoms with Crippen LogP contribution in [0.2, 0.25) is 0 Å². The first-order valence-corrected chi connectivity index (χ1v) is 8.18. The SMILES string of the molecule is CCN(CCC(=O)NC(C)C)C1(CN)CCC(C)CC1. The molecule has 1 saturated carbocycles. The maximum Gasteiger partial charge on any atom is 0.221 e. The summed E-state index contributed by atoms with van der Waals surface area (Å²) in [4.78, 5) is 14.3. The molecular weight excluding hydrogens is 250 g/mol. The van der Waals surface area contributed by atoms with Gasteiger partial charge in [0, 0.05) is 31.1 Å². The molecular formula is C16H33N3O. The molecule has 1 amide bonds. The maximum atomic E-state index is 11.8. The highest BCUT2D eigenvalue weighted by Gasteiger charge is 2.37. The highest BCUT2D eigenvalue weighted by atomic mass is 16.1. The summed E-state index contributed by atoms with van der Waals surface area (Å²) < 4.78 is 0. The quantitative estimate of drug-likeness (QED) is 0.752. The molecule has 1 aliphatic carbocycles. The van der Waals surface area contributed by atoms with Gasteiger partial charge in [-0.25, -0.2) is 0 Å². The van der Waals surface area contributed by atoms with E-state index in [4.69, 9.17) is 5.73 Å². The van der Waals surface area contributed by atoms with Crippen LogP contribution in [0.25, 0.3) is 0 Å². The minimum Gasteiger partial charge on any atom is -0.354 e. The number of carbonyl (C=O) groups is 1. The summed E-state index contributed by atoms with van der Waals surface area (Å²) in [6, 6.07) is 0.219. The van der Waals surface area contributed by atoms with Crippen molar-refractivity contribution in [3.8, 4) is 0 Å². The zero-order chi connectivity index (χ0) is 15.2. The smallest absolute Gasteiger partial charge is 0.221 e. The summed E-state index contributed by atoms with van der Waals surface area (Å²) in [7, 11) is 0. The molecule has 3 N–H and O–H groups in total. The lowest BCUT2D eigenvalue weighted by Crippen LogP contribution is -2.56. The third-order valence-electron chi connectivity index (χ3n) is 4.70. The molecule has 0 unspecified atom stereocenters. The fraction of sp³-hybridized carbons (Fsp3) is 0.938. The van der Waals surface area contributed by atoms with Crippen LogP contribution >= 0.6 is 0 Å². The highest BCUT2D eigenvalue weighted by molar-refractivity contribution is 5.76. The van der Waals surface area contributed by atoms with Gasteiger partial charge < -0.3 is 11.1 Å². The number of hydrogen-bond acceptors (Lipinski definition) is 3. The standard InChI is InChI=1S/C16H33N3O/c1-5-19(11-8-15(20)18-13(2)3)16(12-17)9-6-14(4)7-10-16/h13-14H,5-12,17H2,1-4H3,(H,18,20). The molecule has 4 nitrogen and oxygen atoms in total. The van der Waals surface area contributed by atoms with Crippen LogP contribution in [0.5, 0.6) is 0 Å². The van der Waals surface area contributed by atoms with E-state index in [1.807, 2.05) is 13.8 Å². The van der Waals surface area contributed by atoms with E-state index < -0.39 is 0 Å². The largest absolute Gasteiger partial charge is 0.354 e. The lowest BCUT2D eigenvalue weighted by atomic mass is 9.76. The molecule has 0 aromatic heterocycles. The van der Waals surface area contributed by atoms with E-state index in [1.165, 1.54) is 25.7 Å². The third-order valence-corrected chi connectivity index (χ3v) is 4.70. The second kappa shape index (κ2) is 7.99. The van der Waals surface area contributed by atoms with E-state index in [0.717, 1.165) is 19.0 Å². The third kappa shape index (κ3) is 4.74. The number of nitrogens with zero attached hydrogens (tertiary/aromatic N) is 1. The molecule has 0 aromatic carbocycles. The van der Waals surface area contributed by atoms with Crippen LogP contribution in [0, 0.1) is 5.92 Å². The average Bonchev–Trinajstić information content (AvgIpc) is 2.41. The Morgan fingerprint density at radius 2 is 2.00 bits per heavy atom. The molecule has 0 aliphatic heterocycles. The van der Waals surface area contributed by atoms with Gasteiger partial charge in [0.1, 0.15) is 0 Å². The Balaban J connectivity index is 2.57. The van der Waals surface area contributed by atoms with Crippen LogP contribution < -0.4 is 11.1 Å². The van der Waals surface area contributed by atoms with Gasteiger partial charge in [-0.3, -0.25) is 9.69 Å². The molecule has 1 rings (SSSR count). The first-order valence-electron chi connectivity index (χ1n) is 8.18. The summed E-state index contributed by atoms with van der Waals surface area (Å²) >= 11 is 0. The molecule has 0 radical (unpaired) electrons. The molecule has 1 aliphatic rings. The van der Waals surface area contributed by atoms with E-state index in [9.17, 15) is 4.79 Å². The number of rotatable bonds is 7. The monoisotopic (exact) mass is 283 g/mol. The molecule has 0 atom stereocenters. The van der Waals surface area contributed by atoms with Crippen molar-refractivity contribution in [1.82, 2.24) is 10.2 Å². The zero-order valence-electron chi connectivity index (χ0n) is 13.7. The minimum absolute atomic E-state index is 0.124. The van der Waals surface area contributed by atoms with Crippen LogP contribution in [0.4, 0.5) is 0 Å². The van der Waals surface area contributed by atoms with E-state index in [-0.39, 0.29) is 17.5 Å². The summed E-state index contributed by atoms with van der Waals surface area (Å²) in [5, 5.41) is 2.97. The van der Waals surface area contributed by atoms with Gasteiger partial charge in [-0.1, -0.05) is 13.8 Å². The Hall–Kier alpha value is -0.610. The molecule has 118 valence electrons. The Labute approximate surface area is 124 Å². The van der Waals surface area contributed by atoms with Crippen molar-refractivity contribution in [2.75, 3.05) is 19.6 Å². The molecule has 0 bridgehead atoms. The van der Waals surface area contributed by atoms with E-state index in [1.54, 1.807) is 0 Å². The first kappa shape index (κ1) is 17.4. The zero-order valence-corrected chi connectivity index (χ0v) is 13.7. The number of carbonyl (C=O) groups excluding carboxylic acids is 1. The topological polar surface area (TPSA) is 58.4 Å². The number of nitrogens with two attached hydrogens (primary N) is 1. The fourth-order valence-electron chi connectivity index (χ4n) is 3.31. The van der Waals surface area contributed by atoms with Crippen molar-refractivity contribution in [1.29, 1.82) is 0 Å². The van der Waals surface area contributed by atoms with Gasteiger partial charge in [0.05, 0.1) is 0 Å². The van der Waals surface area contributed by atoms with Crippen molar-refractivity contribution >= 4 is 5.91 Å². The van der Waals surface area contributed by atoms with E-state index in [0.29, 0.717) is 13.0 Å². The van der Waals surface area contributed by atoms with Crippen LogP contribution in [-0.4, -0.2) is 42.0 Å². The number of hydrogen-bond donors (Lipinski definition) is 2. The van der Waals surface area contributed by atoms with Crippen LogP contribution in [0.15, 0.2) is 0 Å². The first-order chi connectivity index (χ1) is 9.43. The van der Waals surface area contributed by atoms with Gasteiger partial charge >= 0.3 is 0 Å². The predicted octanol–water partition coefficient (Wildman–Crippen LogP) is 2.13. The Morgan fingerprint density at radius 3 is 2.45 bits per heavy atom. The summed E-state index contributed by atoms with van der Waals surface area (Å²) in [5.74, 6) is 0.965. The lowest BCUT2D eigenvalue weighted by Gasteiger charge is -2.47. The summed E-state index contributed by atoms with van der Waals surface area (Å²) in [5.41, 5.74) is 6.23. The average molecular weight is 283 g/mol. The predicted molar refractivity (Wildman–Crippen MR) is 84.6 cm³/mol. The van der Waals surface area contributed by atoms with Gasteiger partial charge in [-0.2, -0.15) is 0 Å². The van der Waals surface area contributed by atoms with Crippen LogP contribution in [0.3, 0.4) is 0 Å². The Kier molecular flexibility index (Phi) is 6.96. The number of amides is 1. The van der Waals surface area contributed by atoms with Crippen LogP contribution in [-0.2, 0) is 4.79 Å². The molecule has 0 saturated heterocycles. The van der Waals surface area contributed by atoms with Crippen molar-refractivity contribution in [2.45, 2.75) is 71.4 Å². The maximum absolute atomic E-state index is 11.8. The van der Waals surface area contributed by atoms with Crippen molar-refractivity contribution in [3.63, 3.8) is 0 Å². The van der Waals surface area contributed by atoms with E-state index >= 15 is 0 Å². The normalized spacial score (nSPS) is 27.1.